The number of hydrogen-bond acceptors (Lipinski definition) is 5. The Labute approximate surface area is 154 Å². The zero-order chi connectivity index (χ0) is 18.4. The van der Waals surface area contributed by atoms with Crippen LogP contribution in [0.1, 0.15) is 68.8 Å². The molecular formula is C20H28N4O2. The Bertz CT molecular complexity index is 701. The van der Waals surface area contributed by atoms with Crippen molar-refractivity contribution >= 4 is 5.91 Å². The lowest BCUT2D eigenvalue weighted by atomic mass is 9.86. The zero-order valence-corrected chi connectivity index (χ0v) is 15.4. The maximum absolute atomic E-state index is 12.7. The summed E-state index contributed by atoms with van der Waals surface area (Å²) in [6, 6.07) is 9.60. The van der Waals surface area contributed by atoms with Crippen molar-refractivity contribution in [2.45, 2.75) is 64.0 Å². The highest BCUT2D eigenvalue weighted by molar-refractivity contribution is 5.79. The number of rotatable bonds is 5. The summed E-state index contributed by atoms with van der Waals surface area (Å²) < 4.78 is 5.34. The minimum atomic E-state index is -0.298. The van der Waals surface area contributed by atoms with Crippen molar-refractivity contribution in [2.24, 2.45) is 11.7 Å². The molecular weight excluding hydrogens is 328 g/mol. The molecule has 1 aromatic heterocycles. The van der Waals surface area contributed by atoms with Crippen LogP contribution in [0.2, 0.25) is 0 Å². The lowest BCUT2D eigenvalue weighted by Gasteiger charge is -2.26. The molecule has 26 heavy (non-hydrogen) atoms. The molecule has 1 saturated carbocycles. The number of hydrogen-bond donors (Lipinski definition) is 2. The highest BCUT2D eigenvalue weighted by Crippen LogP contribution is 2.23. The lowest BCUT2D eigenvalue weighted by Crippen LogP contribution is -2.43. The molecule has 0 radical (unpaired) electrons. The van der Waals surface area contributed by atoms with Gasteiger partial charge in [-0.2, -0.15) is 4.98 Å². The largest absolute Gasteiger partial charge is 0.346 e. The summed E-state index contributed by atoms with van der Waals surface area (Å²) in [5, 5.41) is 7.05. The molecule has 3 rings (SSSR count). The molecule has 6 heteroatoms. The van der Waals surface area contributed by atoms with E-state index in [9.17, 15) is 4.79 Å². The number of aromatic nitrogens is 2. The van der Waals surface area contributed by atoms with Gasteiger partial charge in [-0.15, -0.1) is 0 Å². The first kappa shape index (κ1) is 18.6. The van der Waals surface area contributed by atoms with E-state index in [2.05, 4.69) is 15.5 Å². The first-order valence-electron chi connectivity index (χ1n) is 9.56. The average molecular weight is 356 g/mol. The van der Waals surface area contributed by atoms with Crippen LogP contribution in [0.5, 0.6) is 0 Å². The van der Waals surface area contributed by atoms with Gasteiger partial charge < -0.3 is 15.6 Å². The molecule has 1 fully saturated rings. The second-order valence-corrected chi connectivity index (χ2v) is 7.20. The summed E-state index contributed by atoms with van der Waals surface area (Å²) >= 11 is 0. The number of amides is 1. The molecule has 1 aliphatic carbocycles. The molecule has 0 aliphatic heterocycles. The molecule has 6 nitrogen and oxygen atoms in total. The maximum atomic E-state index is 12.7. The van der Waals surface area contributed by atoms with Crippen molar-refractivity contribution in [1.82, 2.24) is 15.5 Å². The first-order valence-corrected chi connectivity index (χ1v) is 9.56. The molecule has 3 unspecified atom stereocenters. The van der Waals surface area contributed by atoms with Crippen LogP contribution in [-0.2, 0) is 11.2 Å². The minimum absolute atomic E-state index is 0.00121. The number of carbonyl (C=O) groups is 1. The molecule has 2 aromatic rings. The second kappa shape index (κ2) is 8.94. The number of nitrogens with two attached hydrogens (primary N) is 1. The Kier molecular flexibility index (Phi) is 6.39. The Morgan fingerprint density at radius 3 is 2.73 bits per heavy atom. The normalized spacial score (nSPS) is 22.2. The summed E-state index contributed by atoms with van der Waals surface area (Å²) in [5.74, 6) is 0.924. The van der Waals surface area contributed by atoms with Gasteiger partial charge in [-0.3, -0.25) is 4.79 Å². The van der Waals surface area contributed by atoms with Gasteiger partial charge in [-0.25, -0.2) is 0 Å². The smallest absolute Gasteiger partial charge is 0.231 e. The van der Waals surface area contributed by atoms with E-state index in [-0.39, 0.29) is 23.9 Å². The van der Waals surface area contributed by atoms with Crippen molar-refractivity contribution < 1.29 is 9.32 Å². The SMILES string of the molecule is CC(NC(=O)C1CCCCCCC1N)c1noc(Cc2ccccc2)n1. The molecule has 0 spiro atoms. The van der Waals surface area contributed by atoms with Crippen LogP contribution >= 0.6 is 0 Å². The predicted molar refractivity (Wildman–Crippen MR) is 99.3 cm³/mol. The molecule has 0 saturated heterocycles. The number of carbonyl (C=O) groups excluding carboxylic acids is 1. The van der Waals surface area contributed by atoms with Crippen LogP contribution < -0.4 is 11.1 Å². The number of benzene rings is 1. The van der Waals surface area contributed by atoms with Crippen molar-refractivity contribution in [2.75, 3.05) is 0 Å². The van der Waals surface area contributed by atoms with Crippen LogP contribution in [0.3, 0.4) is 0 Å². The highest BCUT2D eigenvalue weighted by Gasteiger charge is 2.28. The van der Waals surface area contributed by atoms with Crippen LogP contribution in [0.4, 0.5) is 0 Å². The zero-order valence-electron chi connectivity index (χ0n) is 15.4. The van der Waals surface area contributed by atoms with Gasteiger partial charge in [-0.1, -0.05) is 61.2 Å². The van der Waals surface area contributed by atoms with Crippen LogP contribution in [0.25, 0.3) is 0 Å². The minimum Gasteiger partial charge on any atom is -0.346 e. The third kappa shape index (κ3) is 4.91. The van der Waals surface area contributed by atoms with Crippen LogP contribution in [0, 0.1) is 5.92 Å². The monoisotopic (exact) mass is 356 g/mol. The molecule has 140 valence electrons. The highest BCUT2D eigenvalue weighted by atomic mass is 16.5. The van der Waals surface area contributed by atoms with E-state index in [1.807, 2.05) is 37.3 Å². The average Bonchev–Trinajstić information content (AvgIpc) is 3.08. The quantitative estimate of drug-likeness (QED) is 0.858. The fourth-order valence-electron chi connectivity index (χ4n) is 3.51. The van der Waals surface area contributed by atoms with E-state index >= 15 is 0 Å². The Morgan fingerprint density at radius 1 is 1.23 bits per heavy atom. The van der Waals surface area contributed by atoms with Gasteiger partial charge in [0.2, 0.25) is 11.8 Å². The summed E-state index contributed by atoms with van der Waals surface area (Å²) in [6.45, 7) is 1.88. The van der Waals surface area contributed by atoms with Gasteiger partial charge in [0.15, 0.2) is 5.82 Å². The fraction of sp³-hybridized carbons (Fsp3) is 0.550. The van der Waals surface area contributed by atoms with Gasteiger partial charge in [-0.05, 0) is 25.3 Å². The summed E-state index contributed by atoms with van der Waals surface area (Å²) in [4.78, 5) is 17.1. The Balaban J connectivity index is 1.58. The molecule has 3 atom stereocenters. The van der Waals surface area contributed by atoms with Crippen molar-refractivity contribution in [3.8, 4) is 0 Å². The Morgan fingerprint density at radius 2 is 1.96 bits per heavy atom. The molecule has 3 N–H and O–H groups in total. The summed E-state index contributed by atoms with van der Waals surface area (Å²) in [5.41, 5.74) is 7.35. The van der Waals surface area contributed by atoms with E-state index in [0.29, 0.717) is 18.1 Å². The molecule has 1 aromatic carbocycles. The van der Waals surface area contributed by atoms with Crippen molar-refractivity contribution in [1.29, 1.82) is 0 Å². The summed E-state index contributed by atoms with van der Waals surface area (Å²) in [7, 11) is 0. The van der Waals surface area contributed by atoms with E-state index in [0.717, 1.165) is 31.2 Å². The maximum Gasteiger partial charge on any atom is 0.231 e. The van der Waals surface area contributed by atoms with Crippen LogP contribution in [-0.4, -0.2) is 22.1 Å². The number of nitrogens with one attached hydrogen (secondary N) is 1. The third-order valence-corrected chi connectivity index (χ3v) is 5.08. The predicted octanol–water partition coefficient (Wildman–Crippen LogP) is 3.14. The van der Waals surface area contributed by atoms with Crippen LogP contribution in [0.15, 0.2) is 34.9 Å². The topological polar surface area (TPSA) is 94.0 Å². The van der Waals surface area contributed by atoms with Crippen molar-refractivity contribution in [3.05, 3.63) is 47.6 Å². The van der Waals surface area contributed by atoms with Gasteiger partial charge in [0.05, 0.1) is 18.4 Å². The second-order valence-electron chi connectivity index (χ2n) is 7.20. The van der Waals surface area contributed by atoms with Gasteiger partial charge in [0.25, 0.3) is 0 Å². The third-order valence-electron chi connectivity index (χ3n) is 5.08. The van der Waals surface area contributed by atoms with Gasteiger partial charge in [0.1, 0.15) is 0 Å². The van der Waals surface area contributed by atoms with E-state index in [4.69, 9.17) is 10.3 Å². The number of nitrogens with zero attached hydrogens (tertiary/aromatic N) is 2. The van der Waals surface area contributed by atoms with E-state index in [1.165, 1.54) is 12.8 Å². The Hall–Kier alpha value is -2.21. The van der Waals surface area contributed by atoms with Gasteiger partial charge in [0, 0.05) is 6.04 Å². The molecule has 1 amide bonds. The molecule has 1 aliphatic rings. The fourth-order valence-corrected chi connectivity index (χ4v) is 3.51. The van der Waals surface area contributed by atoms with Gasteiger partial charge >= 0.3 is 0 Å². The van der Waals surface area contributed by atoms with Crippen molar-refractivity contribution in [3.63, 3.8) is 0 Å². The van der Waals surface area contributed by atoms with E-state index in [1.54, 1.807) is 0 Å². The van der Waals surface area contributed by atoms with E-state index < -0.39 is 0 Å². The molecule has 1 heterocycles. The first-order chi connectivity index (χ1) is 12.6. The lowest BCUT2D eigenvalue weighted by molar-refractivity contribution is -0.126. The summed E-state index contributed by atoms with van der Waals surface area (Å²) in [6.07, 6.45) is 6.91. The standard InChI is InChI=1S/C20H28N4O2/c1-14(22-20(25)16-11-7-2-3-8-12-17(16)21)19-23-18(26-24-19)13-15-9-5-4-6-10-15/h4-6,9-10,14,16-17H,2-3,7-8,11-13,21H2,1H3,(H,22,25). The molecule has 0 bridgehead atoms.